The minimum Gasteiger partial charge on any atom is -0.489 e. The molecule has 0 saturated heterocycles. The van der Waals surface area contributed by atoms with Crippen LogP contribution in [0, 0.1) is 4.77 Å². The van der Waals surface area contributed by atoms with Gasteiger partial charge in [0.15, 0.2) is 16.3 Å². The van der Waals surface area contributed by atoms with Crippen LogP contribution in [0.15, 0.2) is 12.1 Å². The molecule has 0 fully saturated rings. The number of aromatic nitrogens is 3. The van der Waals surface area contributed by atoms with Crippen molar-refractivity contribution in [3.05, 3.63) is 33.3 Å². The number of benzene rings is 1. The maximum absolute atomic E-state index is 12.3. The van der Waals surface area contributed by atoms with Crippen LogP contribution in [0.2, 0.25) is 5.02 Å². The molecule has 1 aromatic carbocycles. The zero-order chi connectivity index (χ0) is 18.5. The fraction of sp³-hybridized carbons (Fsp3) is 0.471. The smallest absolute Gasteiger partial charge is 0.240 e. The quantitative estimate of drug-likeness (QED) is 0.733. The van der Waals surface area contributed by atoms with Crippen molar-refractivity contribution in [2.24, 2.45) is 0 Å². The van der Waals surface area contributed by atoms with Crippen molar-refractivity contribution in [3.8, 4) is 11.5 Å². The second-order valence-corrected chi connectivity index (χ2v) is 6.81. The van der Waals surface area contributed by atoms with Crippen LogP contribution in [0.5, 0.6) is 11.5 Å². The van der Waals surface area contributed by atoms with Crippen molar-refractivity contribution in [2.75, 3.05) is 13.2 Å². The second-order valence-electron chi connectivity index (χ2n) is 6.01. The molecule has 0 bridgehead atoms. The van der Waals surface area contributed by atoms with Crippen molar-refractivity contribution >= 4 is 29.7 Å². The number of carbonyl (C=O) groups excluding carboxylic acids is 1. The first-order valence-electron chi connectivity index (χ1n) is 8.57. The number of rotatable bonds is 6. The summed E-state index contributed by atoms with van der Waals surface area (Å²) in [5, 5.41) is 10.3. The van der Waals surface area contributed by atoms with E-state index in [9.17, 15) is 4.79 Å². The number of H-pyrrole nitrogens is 1. The molecular formula is C17H21ClN4O3S. The lowest BCUT2D eigenvalue weighted by Gasteiger charge is -2.12. The summed E-state index contributed by atoms with van der Waals surface area (Å²) < 4.78 is 13.4. The molecule has 2 heterocycles. The number of aryl methyl sites for hydroxylation is 1. The summed E-state index contributed by atoms with van der Waals surface area (Å²) in [4.78, 5) is 12.3. The third-order valence-electron chi connectivity index (χ3n) is 3.96. The highest BCUT2D eigenvalue weighted by Gasteiger charge is 2.16. The first-order valence-corrected chi connectivity index (χ1v) is 9.36. The number of carbonyl (C=O) groups is 1. The molecule has 7 nitrogen and oxygen atoms in total. The van der Waals surface area contributed by atoms with Crippen LogP contribution in [0.4, 0.5) is 0 Å². The summed E-state index contributed by atoms with van der Waals surface area (Å²) in [6.07, 6.45) is 2.50. The lowest BCUT2D eigenvalue weighted by atomic mass is 10.2. The van der Waals surface area contributed by atoms with E-state index < -0.39 is 0 Å². The fourth-order valence-electron chi connectivity index (χ4n) is 2.71. The first kappa shape index (κ1) is 18.7. The normalized spacial score (nSPS) is 13.3. The van der Waals surface area contributed by atoms with Crippen LogP contribution in [0.25, 0.3) is 0 Å². The molecule has 3 rings (SSSR count). The number of halogens is 1. The highest BCUT2D eigenvalue weighted by Crippen LogP contribution is 2.37. The van der Waals surface area contributed by atoms with E-state index in [-0.39, 0.29) is 12.5 Å². The Hall–Kier alpha value is -2.06. The van der Waals surface area contributed by atoms with Crippen LogP contribution < -0.4 is 14.8 Å². The third kappa shape index (κ3) is 4.37. The maximum atomic E-state index is 12.3. The zero-order valence-electron chi connectivity index (χ0n) is 14.5. The summed E-state index contributed by atoms with van der Waals surface area (Å²) in [5.41, 5.74) is 0.845. The van der Waals surface area contributed by atoms with Gasteiger partial charge in [0.25, 0.3) is 0 Å². The first-order chi connectivity index (χ1) is 12.6. The molecule has 1 amide bonds. The summed E-state index contributed by atoms with van der Waals surface area (Å²) in [6.45, 7) is 3.68. The van der Waals surface area contributed by atoms with E-state index in [2.05, 4.69) is 22.4 Å². The number of nitrogens with zero attached hydrogens (tertiary/aromatic N) is 2. The van der Waals surface area contributed by atoms with E-state index >= 15 is 0 Å². The van der Waals surface area contributed by atoms with E-state index in [1.165, 1.54) is 0 Å². The number of fused-ring (bicyclic) bond motifs is 1. The molecule has 0 radical (unpaired) electrons. The summed E-state index contributed by atoms with van der Waals surface area (Å²) in [5.74, 6) is 1.81. The molecule has 1 aliphatic heterocycles. The predicted octanol–water partition coefficient (Wildman–Crippen LogP) is 3.02. The number of aromatic amines is 1. The van der Waals surface area contributed by atoms with Gasteiger partial charge in [0.1, 0.15) is 12.4 Å². The Labute approximate surface area is 161 Å². The van der Waals surface area contributed by atoms with Crippen LogP contribution in [-0.4, -0.2) is 33.9 Å². The van der Waals surface area contributed by atoms with Crippen LogP contribution in [0.3, 0.4) is 0 Å². The van der Waals surface area contributed by atoms with Crippen LogP contribution >= 0.6 is 23.8 Å². The zero-order valence-corrected chi connectivity index (χ0v) is 16.1. The molecule has 0 aliphatic carbocycles. The van der Waals surface area contributed by atoms with Gasteiger partial charge in [-0.05, 0) is 36.3 Å². The minimum absolute atomic E-state index is 0.128. The molecule has 0 saturated carbocycles. The molecule has 140 valence electrons. The fourth-order valence-corrected chi connectivity index (χ4v) is 3.22. The van der Waals surface area contributed by atoms with Gasteiger partial charge in [0.05, 0.1) is 18.2 Å². The summed E-state index contributed by atoms with van der Waals surface area (Å²) >= 11 is 11.5. The van der Waals surface area contributed by atoms with Crippen LogP contribution in [-0.2, 0) is 24.3 Å². The summed E-state index contributed by atoms with van der Waals surface area (Å²) in [6, 6.07) is 3.63. The highest BCUT2D eigenvalue weighted by molar-refractivity contribution is 7.71. The topological polar surface area (TPSA) is 81.2 Å². The lowest BCUT2D eigenvalue weighted by Crippen LogP contribution is -2.28. The lowest BCUT2D eigenvalue weighted by molar-refractivity contribution is -0.121. The van der Waals surface area contributed by atoms with Gasteiger partial charge in [0, 0.05) is 19.4 Å². The minimum atomic E-state index is -0.150. The Morgan fingerprint density at radius 3 is 3.04 bits per heavy atom. The maximum Gasteiger partial charge on any atom is 0.240 e. The van der Waals surface area contributed by atoms with E-state index in [0.29, 0.717) is 41.1 Å². The molecule has 0 atom stereocenters. The molecule has 26 heavy (non-hydrogen) atoms. The average molecular weight is 397 g/mol. The van der Waals surface area contributed by atoms with Crippen molar-refractivity contribution in [1.82, 2.24) is 20.1 Å². The van der Waals surface area contributed by atoms with E-state index in [0.717, 1.165) is 30.7 Å². The highest BCUT2D eigenvalue weighted by atomic mass is 35.5. The van der Waals surface area contributed by atoms with E-state index in [1.807, 2.05) is 6.07 Å². The largest absolute Gasteiger partial charge is 0.489 e. The number of amides is 1. The van der Waals surface area contributed by atoms with Gasteiger partial charge in [-0.15, -0.1) is 0 Å². The van der Waals surface area contributed by atoms with Gasteiger partial charge < -0.3 is 14.8 Å². The van der Waals surface area contributed by atoms with E-state index in [1.54, 1.807) is 10.6 Å². The molecule has 9 heteroatoms. The van der Waals surface area contributed by atoms with Crippen molar-refractivity contribution in [3.63, 3.8) is 0 Å². The Morgan fingerprint density at radius 2 is 2.23 bits per heavy atom. The number of ether oxygens (including phenoxy) is 2. The molecule has 1 aromatic heterocycles. The Balaban J connectivity index is 1.65. The van der Waals surface area contributed by atoms with Gasteiger partial charge in [0.2, 0.25) is 5.91 Å². The number of hydrogen-bond acceptors (Lipinski definition) is 5. The average Bonchev–Trinajstić information content (AvgIpc) is 2.83. The number of hydrogen-bond donors (Lipinski definition) is 2. The van der Waals surface area contributed by atoms with Crippen molar-refractivity contribution in [2.45, 2.75) is 39.3 Å². The predicted molar refractivity (Wildman–Crippen MR) is 100 cm³/mol. The van der Waals surface area contributed by atoms with Crippen LogP contribution in [0.1, 0.15) is 31.2 Å². The third-order valence-corrected chi connectivity index (χ3v) is 4.56. The SMILES string of the molecule is CCCc1n[nH]c(=S)n1CC(=O)NCc1cc(Cl)c2c(c1)OCCCO2. The Morgan fingerprint density at radius 1 is 1.42 bits per heavy atom. The molecule has 2 N–H and O–H groups in total. The Bertz CT molecular complexity index is 849. The standard InChI is InChI=1S/C17H21ClN4O3S/c1-2-4-14-20-21-17(26)22(14)10-15(23)19-9-11-7-12(18)16-13(8-11)24-5-3-6-25-16/h7-8H,2-6,9-10H2,1H3,(H,19,23)(H,21,26). The van der Waals surface area contributed by atoms with Gasteiger partial charge >= 0.3 is 0 Å². The monoisotopic (exact) mass is 396 g/mol. The molecule has 1 aliphatic rings. The molecule has 2 aromatic rings. The van der Waals surface area contributed by atoms with Crippen molar-refractivity contribution < 1.29 is 14.3 Å². The number of nitrogens with one attached hydrogen (secondary N) is 2. The summed E-state index contributed by atoms with van der Waals surface area (Å²) in [7, 11) is 0. The van der Waals surface area contributed by atoms with Crippen molar-refractivity contribution in [1.29, 1.82) is 0 Å². The molecular weight excluding hydrogens is 376 g/mol. The van der Waals surface area contributed by atoms with E-state index in [4.69, 9.17) is 33.3 Å². The van der Waals surface area contributed by atoms with Gasteiger partial charge in [-0.1, -0.05) is 18.5 Å². The van der Waals surface area contributed by atoms with Gasteiger partial charge in [-0.3, -0.25) is 14.5 Å². The molecule has 0 spiro atoms. The van der Waals surface area contributed by atoms with Gasteiger partial charge in [-0.2, -0.15) is 5.10 Å². The Kier molecular flexibility index (Phi) is 6.16. The molecule has 0 unspecified atom stereocenters. The van der Waals surface area contributed by atoms with Gasteiger partial charge in [-0.25, -0.2) is 0 Å². The second kappa shape index (κ2) is 8.55.